The summed E-state index contributed by atoms with van der Waals surface area (Å²) in [4.78, 5) is 2.37. The van der Waals surface area contributed by atoms with Gasteiger partial charge in [0, 0.05) is 18.6 Å². The van der Waals surface area contributed by atoms with Crippen LogP contribution < -0.4 is 5.32 Å². The quantitative estimate of drug-likeness (QED) is 0.811. The Morgan fingerprint density at radius 1 is 1.48 bits per heavy atom. The molecule has 3 nitrogen and oxygen atoms in total. The van der Waals surface area contributed by atoms with Gasteiger partial charge in [0.25, 0.3) is 0 Å². The maximum atomic E-state index is 13.4. The number of aliphatic hydroxyl groups excluding tert-OH is 1. The number of halogens is 1. The zero-order valence-electron chi connectivity index (χ0n) is 13.1. The van der Waals surface area contributed by atoms with Crippen LogP contribution in [0.1, 0.15) is 38.3 Å². The van der Waals surface area contributed by atoms with Crippen LogP contribution in [0.3, 0.4) is 0 Å². The Morgan fingerprint density at radius 3 is 2.95 bits per heavy atom. The average Bonchev–Trinajstić information content (AvgIpc) is 2.83. The van der Waals surface area contributed by atoms with Gasteiger partial charge in [-0.2, -0.15) is 0 Å². The monoisotopic (exact) mass is 294 g/mol. The van der Waals surface area contributed by atoms with Crippen LogP contribution in [0.2, 0.25) is 0 Å². The van der Waals surface area contributed by atoms with Gasteiger partial charge in [-0.3, -0.25) is 4.90 Å². The molecule has 0 amide bonds. The molecule has 1 fully saturated rings. The molecule has 0 radical (unpaired) electrons. The molecule has 0 saturated carbocycles. The van der Waals surface area contributed by atoms with E-state index < -0.39 is 0 Å². The van der Waals surface area contributed by atoms with Crippen molar-refractivity contribution in [3.63, 3.8) is 0 Å². The summed E-state index contributed by atoms with van der Waals surface area (Å²) >= 11 is 0. The Hall–Kier alpha value is -0.970. The van der Waals surface area contributed by atoms with Gasteiger partial charge in [0.2, 0.25) is 0 Å². The molecule has 118 valence electrons. The van der Waals surface area contributed by atoms with Gasteiger partial charge in [0.1, 0.15) is 5.82 Å². The second-order valence-corrected chi connectivity index (χ2v) is 6.01. The van der Waals surface area contributed by atoms with E-state index in [1.165, 1.54) is 6.07 Å². The summed E-state index contributed by atoms with van der Waals surface area (Å²) in [7, 11) is 0. The molecule has 1 aliphatic rings. The molecular formula is C17H27FN2O. The number of aliphatic hydroxyl groups is 1. The third kappa shape index (κ3) is 4.25. The minimum atomic E-state index is -0.182. The smallest absolute Gasteiger partial charge is 0.123 e. The highest BCUT2D eigenvalue weighted by atomic mass is 19.1. The van der Waals surface area contributed by atoms with E-state index in [-0.39, 0.29) is 24.5 Å². The van der Waals surface area contributed by atoms with Crippen LogP contribution in [-0.4, -0.2) is 42.3 Å². The van der Waals surface area contributed by atoms with E-state index in [0.717, 1.165) is 38.0 Å². The van der Waals surface area contributed by atoms with Crippen molar-refractivity contribution in [1.82, 2.24) is 10.2 Å². The molecule has 2 rings (SSSR count). The molecular weight excluding hydrogens is 267 g/mol. The van der Waals surface area contributed by atoms with Gasteiger partial charge in [0.05, 0.1) is 6.61 Å². The summed E-state index contributed by atoms with van der Waals surface area (Å²) in [5.41, 5.74) is 1.00. The zero-order valence-corrected chi connectivity index (χ0v) is 13.1. The molecule has 1 saturated heterocycles. The highest BCUT2D eigenvalue weighted by Crippen LogP contribution is 2.25. The minimum absolute atomic E-state index is 0.168. The largest absolute Gasteiger partial charge is 0.395 e. The first-order chi connectivity index (χ1) is 10.2. The minimum Gasteiger partial charge on any atom is -0.395 e. The summed E-state index contributed by atoms with van der Waals surface area (Å²) in [5, 5.41) is 13.0. The Morgan fingerprint density at radius 2 is 2.29 bits per heavy atom. The van der Waals surface area contributed by atoms with Gasteiger partial charge in [-0.1, -0.05) is 26.0 Å². The predicted octanol–water partition coefficient (Wildman–Crippen LogP) is 2.57. The molecule has 0 spiro atoms. The van der Waals surface area contributed by atoms with Crippen LogP contribution in [0, 0.1) is 11.7 Å². The molecule has 1 aromatic rings. The number of benzene rings is 1. The van der Waals surface area contributed by atoms with Crippen LogP contribution >= 0.6 is 0 Å². The number of hydrogen-bond acceptors (Lipinski definition) is 3. The molecule has 1 aliphatic heterocycles. The first-order valence-electron chi connectivity index (χ1n) is 7.99. The second-order valence-electron chi connectivity index (χ2n) is 6.01. The molecule has 1 heterocycles. The summed E-state index contributed by atoms with van der Waals surface area (Å²) < 4.78 is 13.4. The summed E-state index contributed by atoms with van der Waals surface area (Å²) in [6.45, 7) is 7.35. The number of rotatable bonds is 7. The highest BCUT2D eigenvalue weighted by Gasteiger charge is 2.30. The van der Waals surface area contributed by atoms with Crippen LogP contribution in [0.4, 0.5) is 4.39 Å². The van der Waals surface area contributed by atoms with Crippen molar-refractivity contribution >= 4 is 0 Å². The number of likely N-dealkylation sites (tertiary alicyclic amines) is 1. The van der Waals surface area contributed by atoms with Crippen molar-refractivity contribution in [2.75, 3.05) is 26.2 Å². The molecule has 3 atom stereocenters. The van der Waals surface area contributed by atoms with Gasteiger partial charge < -0.3 is 10.4 Å². The van der Waals surface area contributed by atoms with Crippen molar-refractivity contribution in [3.05, 3.63) is 35.6 Å². The molecule has 4 heteroatoms. The molecule has 21 heavy (non-hydrogen) atoms. The van der Waals surface area contributed by atoms with E-state index in [1.54, 1.807) is 12.1 Å². The average molecular weight is 294 g/mol. The lowest BCUT2D eigenvalue weighted by atomic mass is 10.0. The van der Waals surface area contributed by atoms with Crippen LogP contribution in [0.5, 0.6) is 0 Å². The summed E-state index contributed by atoms with van der Waals surface area (Å²) in [6.07, 6.45) is 2.08. The van der Waals surface area contributed by atoms with Crippen molar-refractivity contribution in [2.24, 2.45) is 5.92 Å². The van der Waals surface area contributed by atoms with E-state index in [1.807, 2.05) is 6.07 Å². The maximum absolute atomic E-state index is 13.4. The molecule has 0 bridgehead atoms. The zero-order chi connectivity index (χ0) is 15.2. The van der Waals surface area contributed by atoms with Crippen molar-refractivity contribution in [3.8, 4) is 0 Å². The Bertz CT molecular complexity index is 441. The van der Waals surface area contributed by atoms with Crippen molar-refractivity contribution in [2.45, 2.75) is 38.8 Å². The number of nitrogens with one attached hydrogen (secondary N) is 1. The Balaban J connectivity index is 1.97. The van der Waals surface area contributed by atoms with Gasteiger partial charge in [0.15, 0.2) is 0 Å². The lowest BCUT2D eigenvalue weighted by Crippen LogP contribution is -2.37. The predicted molar refractivity (Wildman–Crippen MR) is 83.7 cm³/mol. The van der Waals surface area contributed by atoms with Crippen molar-refractivity contribution in [1.29, 1.82) is 0 Å². The fourth-order valence-electron chi connectivity index (χ4n) is 3.31. The van der Waals surface area contributed by atoms with Crippen molar-refractivity contribution < 1.29 is 9.50 Å². The molecule has 0 aromatic heterocycles. The summed E-state index contributed by atoms with van der Waals surface area (Å²) in [6, 6.07) is 7.29. The molecule has 2 N–H and O–H groups in total. The van der Waals surface area contributed by atoms with Crippen LogP contribution in [0.15, 0.2) is 24.3 Å². The van der Waals surface area contributed by atoms with Crippen LogP contribution in [0.25, 0.3) is 0 Å². The molecule has 1 aromatic carbocycles. The lowest BCUT2D eigenvalue weighted by molar-refractivity contribution is 0.135. The van der Waals surface area contributed by atoms with E-state index >= 15 is 0 Å². The number of nitrogens with zero attached hydrogens (tertiary/aromatic N) is 1. The Kier molecular flexibility index (Phi) is 6.15. The third-order valence-electron chi connectivity index (χ3n) is 4.59. The Labute approximate surface area is 127 Å². The third-order valence-corrected chi connectivity index (χ3v) is 4.59. The fourth-order valence-corrected chi connectivity index (χ4v) is 3.31. The fraction of sp³-hybridized carbons (Fsp3) is 0.647. The number of hydrogen-bond donors (Lipinski definition) is 2. The first-order valence-corrected chi connectivity index (χ1v) is 7.99. The first kappa shape index (κ1) is 16.4. The lowest BCUT2D eigenvalue weighted by Gasteiger charge is -2.27. The summed E-state index contributed by atoms with van der Waals surface area (Å²) in [5.74, 6) is 0.375. The van der Waals surface area contributed by atoms with E-state index in [4.69, 9.17) is 0 Å². The van der Waals surface area contributed by atoms with Crippen LogP contribution in [-0.2, 0) is 0 Å². The molecule has 3 unspecified atom stereocenters. The highest BCUT2D eigenvalue weighted by molar-refractivity contribution is 5.20. The van der Waals surface area contributed by atoms with Gasteiger partial charge >= 0.3 is 0 Å². The maximum Gasteiger partial charge on any atom is 0.123 e. The second kappa shape index (κ2) is 7.87. The standard InChI is InChI=1S/C17H27FN2O/c1-3-19-16(14-5-4-6-15(18)11-14)8-10-20-9-7-13(2)17(20)12-21/h4-6,11,13,16-17,19,21H,3,7-10,12H2,1-2H3. The van der Waals surface area contributed by atoms with E-state index in [0.29, 0.717) is 5.92 Å². The van der Waals surface area contributed by atoms with Gasteiger partial charge in [-0.15, -0.1) is 0 Å². The van der Waals surface area contributed by atoms with Gasteiger partial charge in [-0.25, -0.2) is 4.39 Å². The normalized spacial score (nSPS) is 24.4. The van der Waals surface area contributed by atoms with Gasteiger partial charge in [-0.05, 0) is 49.5 Å². The SMILES string of the molecule is CCNC(CCN1CCC(C)C1CO)c1cccc(F)c1. The topological polar surface area (TPSA) is 35.5 Å². The van der Waals surface area contributed by atoms with E-state index in [2.05, 4.69) is 24.1 Å². The molecule has 0 aliphatic carbocycles. The van der Waals surface area contributed by atoms with E-state index in [9.17, 15) is 9.50 Å².